The van der Waals surface area contributed by atoms with E-state index in [9.17, 15) is 0 Å². The lowest BCUT2D eigenvalue weighted by atomic mass is 10.1. The van der Waals surface area contributed by atoms with Crippen LogP contribution in [-0.2, 0) is 4.74 Å². The maximum Gasteiger partial charge on any atom is 0.0668 e. The number of rotatable bonds is 2. The molecule has 0 spiro atoms. The summed E-state index contributed by atoms with van der Waals surface area (Å²) in [5.74, 6) is 0. The maximum atomic E-state index is 6.33. The van der Waals surface area contributed by atoms with Gasteiger partial charge in [-0.15, -0.1) is 0 Å². The summed E-state index contributed by atoms with van der Waals surface area (Å²) in [7, 11) is 0. The minimum Gasteiger partial charge on any atom is -0.377 e. The van der Waals surface area contributed by atoms with Crippen LogP contribution < -0.4 is 10.6 Å². The van der Waals surface area contributed by atoms with Crippen molar-refractivity contribution in [2.45, 2.75) is 25.9 Å². The second-order valence-corrected chi connectivity index (χ2v) is 5.02. The molecular weight excluding hydrogens is 236 g/mol. The van der Waals surface area contributed by atoms with Gasteiger partial charge in [-0.3, -0.25) is 0 Å². The van der Waals surface area contributed by atoms with Crippen LogP contribution in [0.3, 0.4) is 0 Å². The normalized spacial score (nSPS) is 22.6. The molecule has 0 bridgehead atoms. The molecule has 1 heterocycles. The predicted molar refractivity (Wildman–Crippen MR) is 71.7 cm³/mol. The molecule has 1 aliphatic heterocycles. The Balaban J connectivity index is 2.26. The molecule has 0 amide bonds. The summed E-state index contributed by atoms with van der Waals surface area (Å²) in [6.07, 6.45) is 0. The zero-order chi connectivity index (χ0) is 12.4. The summed E-state index contributed by atoms with van der Waals surface area (Å²) in [6, 6.07) is 6.45. The number of anilines is 1. The molecule has 4 heteroatoms. The van der Waals surface area contributed by atoms with Crippen LogP contribution in [0.25, 0.3) is 0 Å². The third-order valence-electron chi connectivity index (χ3n) is 3.17. The third-order valence-corrected chi connectivity index (χ3v) is 3.48. The minimum atomic E-state index is 0.0173. The van der Waals surface area contributed by atoms with Gasteiger partial charge in [-0.1, -0.05) is 17.7 Å². The molecule has 1 saturated heterocycles. The van der Waals surface area contributed by atoms with Gasteiger partial charge in [0.1, 0.15) is 0 Å². The first-order valence-electron chi connectivity index (χ1n) is 5.99. The Labute approximate surface area is 107 Å². The van der Waals surface area contributed by atoms with Gasteiger partial charge in [-0.25, -0.2) is 0 Å². The number of morpholine rings is 1. The predicted octanol–water partition coefficient (Wildman–Crippen LogP) is 2.58. The Hall–Kier alpha value is -0.770. The second kappa shape index (κ2) is 5.25. The highest BCUT2D eigenvalue weighted by atomic mass is 35.5. The summed E-state index contributed by atoms with van der Waals surface area (Å²) < 4.78 is 5.43. The molecule has 1 aromatic carbocycles. The Bertz CT molecular complexity index is 395. The highest BCUT2D eigenvalue weighted by molar-refractivity contribution is 6.33. The Kier molecular flexibility index (Phi) is 3.92. The second-order valence-electron chi connectivity index (χ2n) is 4.62. The molecule has 0 aromatic heterocycles. The maximum absolute atomic E-state index is 6.33. The van der Waals surface area contributed by atoms with E-state index >= 15 is 0 Å². The number of hydrogen-bond donors (Lipinski definition) is 1. The van der Waals surface area contributed by atoms with Gasteiger partial charge >= 0.3 is 0 Å². The average Bonchev–Trinajstić information content (AvgIpc) is 2.30. The molecule has 2 N–H and O–H groups in total. The van der Waals surface area contributed by atoms with E-state index < -0.39 is 0 Å². The molecule has 0 radical (unpaired) electrons. The van der Waals surface area contributed by atoms with Crippen LogP contribution in [-0.4, -0.2) is 25.8 Å². The third kappa shape index (κ3) is 2.73. The molecule has 2 rings (SSSR count). The van der Waals surface area contributed by atoms with Gasteiger partial charge in [-0.05, 0) is 31.5 Å². The minimum absolute atomic E-state index is 0.0173. The fourth-order valence-electron chi connectivity index (χ4n) is 2.12. The standard InChI is InChI=1S/C13H19ClN2O/c1-9-8-17-6-5-16(9)13-4-3-11(10(2)15)7-12(13)14/h3-4,7,9-10H,5-6,8,15H2,1-2H3/t9?,10-/m0/s1. The van der Waals surface area contributed by atoms with Crippen molar-refractivity contribution in [1.29, 1.82) is 0 Å². The van der Waals surface area contributed by atoms with Crippen LogP contribution >= 0.6 is 11.6 Å². The molecule has 94 valence electrons. The van der Waals surface area contributed by atoms with Crippen LogP contribution in [0.1, 0.15) is 25.5 Å². The zero-order valence-electron chi connectivity index (χ0n) is 10.3. The fraction of sp³-hybridized carbons (Fsp3) is 0.538. The number of nitrogens with two attached hydrogens (primary N) is 1. The van der Waals surface area contributed by atoms with E-state index in [1.54, 1.807) is 0 Å². The average molecular weight is 255 g/mol. The van der Waals surface area contributed by atoms with Crippen LogP contribution in [0.15, 0.2) is 18.2 Å². The van der Waals surface area contributed by atoms with Gasteiger partial charge in [0.25, 0.3) is 0 Å². The van der Waals surface area contributed by atoms with Crippen molar-refractivity contribution in [3.8, 4) is 0 Å². The summed E-state index contributed by atoms with van der Waals surface area (Å²) in [5, 5.41) is 0.772. The SMILES string of the molecule is CC1COCCN1c1ccc([C@H](C)N)cc1Cl. The fourth-order valence-corrected chi connectivity index (χ4v) is 2.42. The molecule has 1 aromatic rings. The van der Waals surface area contributed by atoms with E-state index in [4.69, 9.17) is 22.1 Å². The molecule has 1 fully saturated rings. The topological polar surface area (TPSA) is 38.5 Å². The van der Waals surface area contributed by atoms with Crippen molar-refractivity contribution in [3.05, 3.63) is 28.8 Å². The molecule has 17 heavy (non-hydrogen) atoms. The van der Waals surface area contributed by atoms with Crippen molar-refractivity contribution in [2.75, 3.05) is 24.7 Å². The number of benzene rings is 1. The van der Waals surface area contributed by atoms with Gasteiger partial charge in [0, 0.05) is 18.6 Å². The first-order chi connectivity index (χ1) is 8.09. The van der Waals surface area contributed by atoms with E-state index in [1.807, 2.05) is 19.1 Å². The van der Waals surface area contributed by atoms with Crippen LogP contribution in [0.4, 0.5) is 5.69 Å². The van der Waals surface area contributed by atoms with Gasteiger partial charge < -0.3 is 15.4 Å². The van der Waals surface area contributed by atoms with Crippen molar-refractivity contribution in [3.63, 3.8) is 0 Å². The smallest absolute Gasteiger partial charge is 0.0668 e. The van der Waals surface area contributed by atoms with Crippen LogP contribution in [0.5, 0.6) is 0 Å². The summed E-state index contributed by atoms with van der Waals surface area (Å²) in [6.45, 7) is 6.51. The Morgan fingerprint density at radius 1 is 1.53 bits per heavy atom. The largest absolute Gasteiger partial charge is 0.377 e. The van der Waals surface area contributed by atoms with Gasteiger partial charge in [-0.2, -0.15) is 0 Å². The van der Waals surface area contributed by atoms with Crippen molar-refractivity contribution in [1.82, 2.24) is 0 Å². The number of nitrogens with zero attached hydrogens (tertiary/aromatic N) is 1. The van der Waals surface area contributed by atoms with Crippen molar-refractivity contribution < 1.29 is 4.74 Å². The van der Waals surface area contributed by atoms with Gasteiger partial charge in [0.15, 0.2) is 0 Å². The first-order valence-corrected chi connectivity index (χ1v) is 6.37. The molecule has 3 nitrogen and oxygen atoms in total. The zero-order valence-corrected chi connectivity index (χ0v) is 11.1. The first kappa shape index (κ1) is 12.7. The van der Waals surface area contributed by atoms with E-state index in [0.29, 0.717) is 6.04 Å². The lowest BCUT2D eigenvalue weighted by molar-refractivity contribution is 0.0989. The van der Waals surface area contributed by atoms with E-state index in [2.05, 4.69) is 17.9 Å². The van der Waals surface area contributed by atoms with E-state index in [1.165, 1.54) is 0 Å². The summed E-state index contributed by atoms with van der Waals surface area (Å²) in [5.41, 5.74) is 7.99. The molecule has 1 unspecified atom stereocenters. The van der Waals surface area contributed by atoms with E-state index in [-0.39, 0.29) is 6.04 Å². The molecular formula is C13H19ClN2O. The number of ether oxygens (including phenoxy) is 1. The number of halogens is 1. The lowest BCUT2D eigenvalue weighted by Gasteiger charge is -2.36. The van der Waals surface area contributed by atoms with Crippen molar-refractivity contribution >= 4 is 17.3 Å². The molecule has 0 saturated carbocycles. The Morgan fingerprint density at radius 3 is 2.88 bits per heavy atom. The monoisotopic (exact) mass is 254 g/mol. The summed E-state index contributed by atoms with van der Waals surface area (Å²) in [4.78, 5) is 2.29. The Morgan fingerprint density at radius 2 is 2.29 bits per heavy atom. The quantitative estimate of drug-likeness (QED) is 0.882. The lowest BCUT2D eigenvalue weighted by Crippen LogP contribution is -2.43. The number of hydrogen-bond acceptors (Lipinski definition) is 3. The highest BCUT2D eigenvalue weighted by Gasteiger charge is 2.21. The van der Waals surface area contributed by atoms with E-state index in [0.717, 1.165) is 36.0 Å². The van der Waals surface area contributed by atoms with Gasteiger partial charge in [0.2, 0.25) is 0 Å². The summed E-state index contributed by atoms with van der Waals surface area (Å²) >= 11 is 6.33. The van der Waals surface area contributed by atoms with Crippen LogP contribution in [0, 0.1) is 0 Å². The molecule has 1 aliphatic rings. The van der Waals surface area contributed by atoms with Crippen LogP contribution in [0.2, 0.25) is 5.02 Å². The molecule has 0 aliphatic carbocycles. The molecule has 2 atom stereocenters. The highest BCUT2D eigenvalue weighted by Crippen LogP contribution is 2.30. The van der Waals surface area contributed by atoms with Gasteiger partial charge in [0.05, 0.1) is 23.9 Å². The van der Waals surface area contributed by atoms with Crippen molar-refractivity contribution in [2.24, 2.45) is 5.73 Å².